The van der Waals surface area contributed by atoms with Gasteiger partial charge >= 0.3 is 8.60 Å². The highest BCUT2D eigenvalue weighted by atomic mass is 32.1. The number of aromatic nitrogens is 1. The van der Waals surface area contributed by atoms with Gasteiger partial charge in [-0.2, -0.15) is 0 Å². The molecule has 2 aromatic rings. The molecule has 0 bridgehead atoms. The zero-order valence-corrected chi connectivity index (χ0v) is 14.4. The molecule has 1 unspecified atom stereocenters. The molecular weight excluding hydrogens is 317 g/mol. The van der Waals surface area contributed by atoms with Crippen molar-refractivity contribution in [2.24, 2.45) is 0 Å². The Morgan fingerprint density at radius 3 is 2.68 bits per heavy atom. The van der Waals surface area contributed by atoms with Crippen molar-refractivity contribution in [3.63, 3.8) is 0 Å². The zero-order chi connectivity index (χ0) is 15.7. The Balaban J connectivity index is 1.95. The van der Waals surface area contributed by atoms with Crippen LogP contribution in [0, 0.1) is 0 Å². The van der Waals surface area contributed by atoms with Crippen LogP contribution in [-0.2, 0) is 10.9 Å². The first kappa shape index (κ1) is 16.0. The van der Waals surface area contributed by atoms with E-state index >= 15 is 0 Å². The van der Waals surface area contributed by atoms with E-state index in [1.165, 1.54) is 4.88 Å². The highest BCUT2D eigenvalue weighted by molar-refractivity contribution is 7.39. The molecule has 0 aliphatic heterocycles. The second kappa shape index (κ2) is 6.34. The van der Waals surface area contributed by atoms with Gasteiger partial charge in [0.25, 0.3) is 0 Å². The van der Waals surface area contributed by atoms with Crippen LogP contribution in [0.1, 0.15) is 43.2 Å². The molecule has 1 aromatic heterocycles. The SMILES string of the molecule is CC(C)(OP(O)O)C1CCCc2sc(-c3ccccc3)nc21. The quantitative estimate of drug-likeness (QED) is 0.819. The van der Waals surface area contributed by atoms with E-state index in [1.807, 2.05) is 32.0 Å². The molecule has 1 aliphatic carbocycles. The molecule has 2 N–H and O–H groups in total. The van der Waals surface area contributed by atoms with Crippen molar-refractivity contribution in [1.82, 2.24) is 4.98 Å². The maximum absolute atomic E-state index is 9.23. The van der Waals surface area contributed by atoms with Gasteiger partial charge in [0, 0.05) is 16.4 Å². The van der Waals surface area contributed by atoms with E-state index in [1.54, 1.807) is 11.3 Å². The lowest BCUT2D eigenvalue weighted by Gasteiger charge is -2.35. The summed E-state index contributed by atoms with van der Waals surface area (Å²) in [6, 6.07) is 10.2. The molecular formula is C16H20NO3PS. The van der Waals surface area contributed by atoms with Crippen molar-refractivity contribution in [2.45, 2.75) is 44.6 Å². The minimum atomic E-state index is -2.36. The van der Waals surface area contributed by atoms with Gasteiger partial charge in [0.15, 0.2) is 0 Å². The molecule has 118 valence electrons. The predicted octanol–water partition coefficient (Wildman–Crippen LogP) is 4.24. The van der Waals surface area contributed by atoms with Crippen LogP contribution in [0.15, 0.2) is 30.3 Å². The van der Waals surface area contributed by atoms with Crippen LogP contribution in [0.4, 0.5) is 0 Å². The largest absolute Gasteiger partial charge is 0.328 e. The lowest BCUT2D eigenvalue weighted by molar-refractivity contribution is 0.0552. The molecule has 0 spiro atoms. The van der Waals surface area contributed by atoms with Crippen LogP contribution in [-0.4, -0.2) is 20.4 Å². The molecule has 1 heterocycles. The Morgan fingerprint density at radius 2 is 2.00 bits per heavy atom. The average molecular weight is 337 g/mol. The van der Waals surface area contributed by atoms with E-state index in [2.05, 4.69) is 12.1 Å². The normalized spacial score (nSPS) is 18.5. The topological polar surface area (TPSA) is 62.6 Å². The first-order valence-electron chi connectivity index (χ1n) is 7.39. The summed E-state index contributed by atoms with van der Waals surface area (Å²) in [5.41, 5.74) is 1.56. The Bertz CT molecular complexity index is 642. The van der Waals surface area contributed by atoms with Crippen LogP contribution in [0.3, 0.4) is 0 Å². The number of thiazole rings is 1. The van der Waals surface area contributed by atoms with Crippen molar-refractivity contribution >= 4 is 19.9 Å². The van der Waals surface area contributed by atoms with Gasteiger partial charge in [0.05, 0.1) is 11.3 Å². The third-order valence-corrected chi connectivity index (χ3v) is 5.94. The Labute approximate surface area is 135 Å². The van der Waals surface area contributed by atoms with E-state index in [9.17, 15) is 9.79 Å². The van der Waals surface area contributed by atoms with E-state index in [4.69, 9.17) is 9.51 Å². The molecule has 0 fully saturated rings. The lowest BCUT2D eigenvalue weighted by Crippen LogP contribution is -2.33. The lowest BCUT2D eigenvalue weighted by atomic mass is 9.80. The number of nitrogens with zero attached hydrogens (tertiary/aromatic N) is 1. The van der Waals surface area contributed by atoms with E-state index in [0.717, 1.165) is 35.5 Å². The van der Waals surface area contributed by atoms with Crippen LogP contribution in [0.5, 0.6) is 0 Å². The van der Waals surface area contributed by atoms with Gasteiger partial charge in [-0.1, -0.05) is 30.3 Å². The van der Waals surface area contributed by atoms with Gasteiger partial charge < -0.3 is 14.3 Å². The van der Waals surface area contributed by atoms with Crippen LogP contribution in [0.2, 0.25) is 0 Å². The third-order valence-electron chi connectivity index (χ3n) is 4.13. The highest BCUT2D eigenvalue weighted by Crippen LogP contribution is 2.47. The number of benzene rings is 1. The van der Waals surface area contributed by atoms with Crippen LogP contribution in [0.25, 0.3) is 10.6 Å². The maximum Gasteiger partial charge on any atom is 0.327 e. The van der Waals surface area contributed by atoms with Crippen LogP contribution >= 0.6 is 19.9 Å². The number of hydrogen-bond donors (Lipinski definition) is 2. The van der Waals surface area contributed by atoms with Gasteiger partial charge in [-0.25, -0.2) is 4.98 Å². The Kier molecular flexibility index (Phi) is 4.62. The molecule has 1 aromatic carbocycles. The first-order chi connectivity index (χ1) is 10.5. The fraction of sp³-hybridized carbons (Fsp3) is 0.438. The molecule has 0 saturated heterocycles. The number of rotatable bonds is 4. The van der Waals surface area contributed by atoms with Gasteiger partial charge in [0.1, 0.15) is 5.01 Å². The van der Waals surface area contributed by atoms with E-state index < -0.39 is 14.2 Å². The monoisotopic (exact) mass is 337 g/mol. The Hall–Kier alpha value is -0.840. The second-order valence-electron chi connectivity index (χ2n) is 6.09. The van der Waals surface area contributed by atoms with Crippen molar-refractivity contribution in [3.8, 4) is 10.6 Å². The summed E-state index contributed by atoms with van der Waals surface area (Å²) in [6.07, 6.45) is 3.08. The minimum Gasteiger partial charge on any atom is -0.328 e. The van der Waals surface area contributed by atoms with Crippen molar-refractivity contribution in [3.05, 3.63) is 40.9 Å². The minimum absolute atomic E-state index is 0.0919. The fourth-order valence-electron chi connectivity index (χ4n) is 3.07. The molecule has 0 saturated carbocycles. The number of aryl methyl sites for hydroxylation is 1. The highest BCUT2D eigenvalue weighted by Gasteiger charge is 2.39. The summed E-state index contributed by atoms with van der Waals surface area (Å²) in [5, 5.41) is 1.03. The molecule has 4 nitrogen and oxygen atoms in total. The van der Waals surface area contributed by atoms with Gasteiger partial charge in [-0.3, -0.25) is 0 Å². The van der Waals surface area contributed by atoms with Crippen molar-refractivity contribution < 1.29 is 14.3 Å². The summed E-state index contributed by atoms with van der Waals surface area (Å²) in [6.45, 7) is 3.83. The summed E-state index contributed by atoms with van der Waals surface area (Å²) >= 11 is 1.74. The fourth-order valence-corrected chi connectivity index (χ4v) is 4.79. The molecule has 3 rings (SSSR count). The summed E-state index contributed by atoms with van der Waals surface area (Å²) in [4.78, 5) is 24.6. The second-order valence-corrected chi connectivity index (χ2v) is 7.86. The van der Waals surface area contributed by atoms with Gasteiger partial charge in [-0.05, 0) is 33.1 Å². The van der Waals surface area contributed by atoms with Crippen molar-refractivity contribution in [2.75, 3.05) is 0 Å². The first-order valence-corrected chi connectivity index (χ1v) is 9.37. The smallest absolute Gasteiger partial charge is 0.327 e. The number of fused-ring (bicyclic) bond motifs is 1. The summed E-state index contributed by atoms with van der Waals surface area (Å²) < 4.78 is 5.39. The molecule has 1 aliphatic rings. The molecule has 6 heteroatoms. The number of hydrogen-bond acceptors (Lipinski definition) is 5. The Morgan fingerprint density at radius 1 is 1.27 bits per heavy atom. The van der Waals surface area contributed by atoms with Gasteiger partial charge in [0.2, 0.25) is 0 Å². The standard InChI is InChI=1S/C16H20NO3PS/c1-16(2,20-21(18)19)12-9-6-10-13-14(12)17-15(22-13)11-7-4-3-5-8-11/h3-5,7-8,12,18-19H,6,9-10H2,1-2H3. The zero-order valence-electron chi connectivity index (χ0n) is 12.7. The summed E-state index contributed by atoms with van der Waals surface area (Å²) in [5.74, 6) is 0.0919. The molecule has 0 radical (unpaired) electrons. The molecule has 1 atom stereocenters. The maximum atomic E-state index is 9.23. The molecule has 22 heavy (non-hydrogen) atoms. The van der Waals surface area contributed by atoms with E-state index in [0.29, 0.717) is 0 Å². The average Bonchev–Trinajstić information content (AvgIpc) is 2.90. The van der Waals surface area contributed by atoms with Crippen LogP contribution < -0.4 is 0 Å². The predicted molar refractivity (Wildman–Crippen MR) is 89.8 cm³/mol. The van der Waals surface area contributed by atoms with Crippen molar-refractivity contribution in [1.29, 1.82) is 0 Å². The molecule has 0 amide bonds. The van der Waals surface area contributed by atoms with E-state index in [-0.39, 0.29) is 5.92 Å². The summed E-state index contributed by atoms with van der Waals surface area (Å²) in [7, 11) is -2.36. The third kappa shape index (κ3) is 3.24. The van der Waals surface area contributed by atoms with Gasteiger partial charge in [-0.15, -0.1) is 11.3 Å².